The summed E-state index contributed by atoms with van der Waals surface area (Å²) in [6.45, 7) is 5.92. The van der Waals surface area contributed by atoms with Crippen LogP contribution in [0.3, 0.4) is 0 Å². The Balaban J connectivity index is 1.60. The van der Waals surface area contributed by atoms with Crippen molar-refractivity contribution in [3.63, 3.8) is 0 Å². The van der Waals surface area contributed by atoms with Crippen LogP contribution in [0.2, 0.25) is 0 Å². The Morgan fingerprint density at radius 2 is 2.19 bits per heavy atom. The fourth-order valence-corrected chi connectivity index (χ4v) is 2.75. The van der Waals surface area contributed by atoms with Crippen LogP contribution in [0, 0.1) is 5.41 Å². The molecule has 1 fully saturated rings. The van der Waals surface area contributed by atoms with Gasteiger partial charge in [-0.2, -0.15) is 5.10 Å². The van der Waals surface area contributed by atoms with Gasteiger partial charge in [-0.05, 0) is 30.4 Å². The minimum atomic E-state index is 0.344. The molecule has 5 nitrogen and oxygen atoms in total. The van der Waals surface area contributed by atoms with E-state index in [1.807, 2.05) is 24.5 Å². The maximum absolute atomic E-state index is 5.44. The third kappa shape index (κ3) is 3.49. The van der Waals surface area contributed by atoms with Crippen molar-refractivity contribution < 1.29 is 4.74 Å². The van der Waals surface area contributed by atoms with E-state index < -0.39 is 0 Å². The number of aromatic amines is 1. The number of H-pyrrole nitrogens is 1. The predicted octanol–water partition coefficient (Wildman–Crippen LogP) is 2.38. The van der Waals surface area contributed by atoms with Gasteiger partial charge in [0.15, 0.2) is 0 Å². The highest BCUT2D eigenvalue weighted by Crippen LogP contribution is 2.29. The number of pyridine rings is 1. The Kier molecular flexibility index (Phi) is 4.31. The lowest BCUT2D eigenvalue weighted by atomic mass is 9.82. The first-order valence-electron chi connectivity index (χ1n) is 7.48. The molecule has 21 heavy (non-hydrogen) atoms. The van der Waals surface area contributed by atoms with Crippen LogP contribution >= 0.6 is 0 Å². The fourth-order valence-electron chi connectivity index (χ4n) is 2.75. The lowest BCUT2D eigenvalue weighted by molar-refractivity contribution is 0.0240. The van der Waals surface area contributed by atoms with Crippen molar-refractivity contribution in [1.29, 1.82) is 0 Å². The summed E-state index contributed by atoms with van der Waals surface area (Å²) in [6, 6.07) is 3.99. The Bertz CT molecular complexity index is 561. The molecule has 0 atom stereocenters. The molecular weight excluding hydrogens is 264 g/mol. The van der Waals surface area contributed by atoms with Gasteiger partial charge >= 0.3 is 0 Å². The number of aromatic nitrogens is 3. The summed E-state index contributed by atoms with van der Waals surface area (Å²) in [4.78, 5) is 4.16. The number of ether oxygens (including phenoxy) is 1. The first-order valence-corrected chi connectivity index (χ1v) is 7.48. The molecule has 5 heteroatoms. The summed E-state index contributed by atoms with van der Waals surface area (Å²) in [5, 5.41) is 10.8. The van der Waals surface area contributed by atoms with Crippen LogP contribution in [0.4, 0.5) is 0 Å². The van der Waals surface area contributed by atoms with Crippen molar-refractivity contribution in [3.05, 3.63) is 36.3 Å². The molecule has 1 aliphatic rings. The average Bonchev–Trinajstić information content (AvgIpc) is 2.97. The summed E-state index contributed by atoms with van der Waals surface area (Å²) in [5.41, 5.74) is 3.65. The van der Waals surface area contributed by atoms with Gasteiger partial charge in [0, 0.05) is 49.8 Å². The maximum atomic E-state index is 5.44. The van der Waals surface area contributed by atoms with Gasteiger partial charge in [-0.15, -0.1) is 0 Å². The Hall–Kier alpha value is -1.72. The molecule has 0 spiro atoms. The van der Waals surface area contributed by atoms with E-state index in [0.717, 1.165) is 50.4 Å². The number of rotatable bonds is 5. The number of hydrogen-bond donors (Lipinski definition) is 2. The number of nitrogens with one attached hydrogen (secondary N) is 2. The molecule has 1 aliphatic heterocycles. The van der Waals surface area contributed by atoms with Gasteiger partial charge in [-0.3, -0.25) is 10.1 Å². The summed E-state index contributed by atoms with van der Waals surface area (Å²) in [6.07, 6.45) is 7.78. The van der Waals surface area contributed by atoms with E-state index >= 15 is 0 Å². The predicted molar refractivity (Wildman–Crippen MR) is 81.7 cm³/mol. The van der Waals surface area contributed by atoms with Gasteiger partial charge < -0.3 is 10.1 Å². The van der Waals surface area contributed by atoms with Gasteiger partial charge in [-0.25, -0.2) is 0 Å². The average molecular weight is 286 g/mol. The number of nitrogens with zero attached hydrogens (tertiary/aromatic N) is 2. The zero-order chi connectivity index (χ0) is 14.5. The second kappa shape index (κ2) is 6.37. The van der Waals surface area contributed by atoms with Crippen LogP contribution in [0.5, 0.6) is 0 Å². The van der Waals surface area contributed by atoms with Crippen LogP contribution in [-0.2, 0) is 11.3 Å². The minimum absolute atomic E-state index is 0.344. The Morgan fingerprint density at radius 3 is 2.95 bits per heavy atom. The summed E-state index contributed by atoms with van der Waals surface area (Å²) >= 11 is 0. The molecule has 2 aromatic rings. The molecule has 2 N–H and O–H groups in total. The zero-order valence-corrected chi connectivity index (χ0v) is 12.4. The molecule has 0 saturated carbocycles. The highest BCUT2D eigenvalue weighted by molar-refractivity contribution is 5.61. The van der Waals surface area contributed by atoms with E-state index in [2.05, 4.69) is 27.4 Å². The van der Waals surface area contributed by atoms with Gasteiger partial charge in [0.2, 0.25) is 0 Å². The van der Waals surface area contributed by atoms with E-state index in [1.165, 1.54) is 5.56 Å². The van der Waals surface area contributed by atoms with Crippen molar-refractivity contribution in [2.24, 2.45) is 5.41 Å². The summed E-state index contributed by atoms with van der Waals surface area (Å²) in [7, 11) is 0. The normalized spacial score (nSPS) is 17.8. The standard InChI is InChI=1S/C16H22N4O/c1-16(4-7-21-8-5-16)12-18-10-14-11-19-20-15(14)13-3-2-6-17-9-13/h2-3,6,9,11,18H,4-5,7-8,10,12H2,1H3,(H,19,20). The summed E-state index contributed by atoms with van der Waals surface area (Å²) < 4.78 is 5.44. The van der Waals surface area contributed by atoms with Crippen molar-refractivity contribution in [3.8, 4) is 11.3 Å². The largest absolute Gasteiger partial charge is 0.381 e. The van der Waals surface area contributed by atoms with Crippen LogP contribution in [0.25, 0.3) is 11.3 Å². The van der Waals surface area contributed by atoms with E-state index in [1.54, 1.807) is 6.20 Å². The first kappa shape index (κ1) is 14.2. The molecule has 0 aromatic carbocycles. The maximum Gasteiger partial charge on any atom is 0.0710 e. The molecule has 0 aliphatic carbocycles. The Labute approximate surface area is 125 Å². The third-order valence-corrected chi connectivity index (χ3v) is 4.24. The zero-order valence-electron chi connectivity index (χ0n) is 12.4. The monoisotopic (exact) mass is 286 g/mol. The highest BCUT2D eigenvalue weighted by Gasteiger charge is 2.26. The molecular formula is C16H22N4O. The minimum Gasteiger partial charge on any atom is -0.381 e. The molecule has 3 heterocycles. The van der Waals surface area contributed by atoms with E-state index in [-0.39, 0.29) is 0 Å². The van der Waals surface area contributed by atoms with Crippen molar-refractivity contribution in [1.82, 2.24) is 20.5 Å². The first-order chi connectivity index (χ1) is 10.3. The highest BCUT2D eigenvalue weighted by atomic mass is 16.5. The summed E-state index contributed by atoms with van der Waals surface area (Å²) in [5.74, 6) is 0. The molecule has 1 saturated heterocycles. The van der Waals surface area contributed by atoms with Crippen LogP contribution < -0.4 is 5.32 Å². The van der Waals surface area contributed by atoms with Gasteiger partial charge in [0.25, 0.3) is 0 Å². The molecule has 112 valence electrons. The molecule has 0 unspecified atom stereocenters. The van der Waals surface area contributed by atoms with Crippen molar-refractivity contribution in [2.45, 2.75) is 26.3 Å². The number of hydrogen-bond acceptors (Lipinski definition) is 4. The fraction of sp³-hybridized carbons (Fsp3) is 0.500. The van der Waals surface area contributed by atoms with Crippen molar-refractivity contribution in [2.75, 3.05) is 19.8 Å². The second-order valence-corrected chi connectivity index (χ2v) is 6.04. The molecule has 0 amide bonds. The van der Waals surface area contributed by atoms with E-state index in [0.29, 0.717) is 5.41 Å². The Morgan fingerprint density at radius 1 is 1.33 bits per heavy atom. The molecule has 0 bridgehead atoms. The van der Waals surface area contributed by atoms with Crippen LogP contribution in [0.1, 0.15) is 25.3 Å². The second-order valence-electron chi connectivity index (χ2n) is 6.04. The van der Waals surface area contributed by atoms with Crippen LogP contribution in [0.15, 0.2) is 30.7 Å². The smallest absolute Gasteiger partial charge is 0.0710 e. The molecule has 3 rings (SSSR count). The topological polar surface area (TPSA) is 62.8 Å². The SMILES string of the molecule is CC1(CNCc2cn[nH]c2-c2cccnc2)CCOCC1. The van der Waals surface area contributed by atoms with Crippen LogP contribution in [-0.4, -0.2) is 34.9 Å². The lowest BCUT2D eigenvalue weighted by Gasteiger charge is -2.33. The van der Waals surface area contributed by atoms with E-state index in [9.17, 15) is 0 Å². The molecule has 2 aromatic heterocycles. The van der Waals surface area contributed by atoms with E-state index in [4.69, 9.17) is 4.74 Å². The lowest BCUT2D eigenvalue weighted by Crippen LogP contribution is -2.36. The third-order valence-electron chi connectivity index (χ3n) is 4.24. The quantitative estimate of drug-likeness (QED) is 0.886. The van der Waals surface area contributed by atoms with Crippen molar-refractivity contribution >= 4 is 0 Å². The van der Waals surface area contributed by atoms with Gasteiger partial charge in [0.1, 0.15) is 0 Å². The van der Waals surface area contributed by atoms with Gasteiger partial charge in [0.05, 0.1) is 11.9 Å². The van der Waals surface area contributed by atoms with Gasteiger partial charge in [-0.1, -0.05) is 6.92 Å². The molecule has 0 radical (unpaired) electrons.